The summed E-state index contributed by atoms with van der Waals surface area (Å²) >= 11 is 6.13. The fourth-order valence-corrected chi connectivity index (χ4v) is 3.92. The Labute approximate surface area is 200 Å². The summed E-state index contributed by atoms with van der Waals surface area (Å²) in [7, 11) is 1.54. The van der Waals surface area contributed by atoms with Crippen molar-refractivity contribution in [1.29, 1.82) is 0 Å². The molecule has 0 saturated heterocycles. The number of amides is 3. The first kappa shape index (κ1) is 23.4. The molecular weight excluding hydrogens is 461 g/mol. The van der Waals surface area contributed by atoms with Gasteiger partial charge in [0.2, 0.25) is 5.91 Å². The second-order valence-corrected chi connectivity index (χ2v) is 8.70. The molecule has 3 aromatic rings. The minimum Gasteiger partial charge on any atom is -0.350 e. The van der Waals surface area contributed by atoms with Gasteiger partial charge in [-0.1, -0.05) is 41.9 Å². The van der Waals surface area contributed by atoms with Crippen LogP contribution in [-0.4, -0.2) is 45.0 Å². The highest BCUT2D eigenvalue weighted by molar-refractivity contribution is 6.31. The van der Waals surface area contributed by atoms with Crippen molar-refractivity contribution < 1.29 is 18.8 Å². The van der Waals surface area contributed by atoms with Crippen LogP contribution in [-0.2, 0) is 24.4 Å². The Morgan fingerprint density at radius 1 is 1.12 bits per heavy atom. The largest absolute Gasteiger partial charge is 0.350 e. The monoisotopic (exact) mass is 483 g/mol. The predicted molar refractivity (Wildman–Crippen MR) is 124 cm³/mol. The summed E-state index contributed by atoms with van der Waals surface area (Å²) in [6, 6.07) is 14.3. The molecule has 1 aromatic heterocycles. The van der Waals surface area contributed by atoms with E-state index in [0.29, 0.717) is 5.02 Å². The maximum atomic E-state index is 13.1. The number of hydrogen-bond donors (Lipinski definition) is 2. The van der Waals surface area contributed by atoms with Gasteiger partial charge in [-0.3, -0.25) is 19.1 Å². The lowest BCUT2D eigenvalue weighted by Gasteiger charge is -2.40. The minimum atomic E-state index is -1.23. The Morgan fingerprint density at radius 2 is 1.82 bits per heavy atom. The standard InChI is InChI=1S/C24H23ClFN5O3/c1-24(23(34)28-12-15-7-9-17(26)10-8-15)14-31-20(22(33)30(24)2)11-19(29-31)21(32)27-13-16-5-3-4-6-18(16)25/h3-11H,12-14H2,1-2H3,(H,27,32)(H,28,34)/t24-/m1/s1. The van der Waals surface area contributed by atoms with Gasteiger partial charge in [-0.05, 0) is 36.2 Å². The van der Waals surface area contributed by atoms with Crippen molar-refractivity contribution in [1.82, 2.24) is 25.3 Å². The molecule has 1 aliphatic rings. The zero-order valence-corrected chi connectivity index (χ0v) is 19.4. The quantitative estimate of drug-likeness (QED) is 0.563. The fourth-order valence-electron chi connectivity index (χ4n) is 3.72. The second kappa shape index (κ2) is 9.26. The molecule has 4 rings (SSSR count). The molecule has 0 radical (unpaired) electrons. The molecule has 10 heteroatoms. The van der Waals surface area contributed by atoms with Crippen LogP contribution in [0.2, 0.25) is 5.02 Å². The smallest absolute Gasteiger partial charge is 0.272 e. The molecule has 34 heavy (non-hydrogen) atoms. The van der Waals surface area contributed by atoms with Crippen molar-refractivity contribution in [3.63, 3.8) is 0 Å². The summed E-state index contributed by atoms with van der Waals surface area (Å²) in [6.07, 6.45) is 0. The average molecular weight is 484 g/mol. The first-order valence-corrected chi connectivity index (χ1v) is 11.0. The molecule has 0 spiro atoms. The lowest BCUT2D eigenvalue weighted by molar-refractivity contribution is -0.132. The van der Waals surface area contributed by atoms with E-state index in [1.165, 1.54) is 34.8 Å². The zero-order valence-electron chi connectivity index (χ0n) is 18.6. The van der Waals surface area contributed by atoms with Gasteiger partial charge in [0.15, 0.2) is 5.69 Å². The van der Waals surface area contributed by atoms with Crippen LogP contribution in [0, 0.1) is 5.82 Å². The van der Waals surface area contributed by atoms with E-state index >= 15 is 0 Å². The van der Waals surface area contributed by atoms with Crippen LogP contribution in [0.4, 0.5) is 4.39 Å². The summed E-state index contributed by atoms with van der Waals surface area (Å²) in [5, 5.41) is 10.4. The van der Waals surface area contributed by atoms with Crippen LogP contribution in [0.15, 0.2) is 54.6 Å². The topological polar surface area (TPSA) is 96.3 Å². The molecule has 0 aliphatic carbocycles. The lowest BCUT2D eigenvalue weighted by Crippen LogP contribution is -2.62. The van der Waals surface area contributed by atoms with E-state index in [2.05, 4.69) is 15.7 Å². The summed E-state index contributed by atoms with van der Waals surface area (Å²) in [5.74, 6) is -1.64. The number of rotatable bonds is 6. The number of likely N-dealkylation sites (N-methyl/N-ethyl adjacent to an activating group) is 1. The number of carbonyl (C=O) groups excluding carboxylic acids is 3. The Morgan fingerprint density at radius 3 is 2.53 bits per heavy atom. The average Bonchev–Trinajstić information content (AvgIpc) is 3.25. The molecular formula is C24H23ClFN5O3. The van der Waals surface area contributed by atoms with E-state index in [4.69, 9.17) is 11.6 Å². The van der Waals surface area contributed by atoms with Gasteiger partial charge in [0, 0.05) is 31.2 Å². The number of aromatic nitrogens is 2. The molecule has 8 nitrogen and oxygen atoms in total. The van der Waals surface area contributed by atoms with Gasteiger partial charge in [0.25, 0.3) is 11.8 Å². The van der Waals surface area contributed by atoms with E-state index in [1.54, 1.807) is 37.3 Å². The molecule has 0 fully saturated rings. The number of nitrogens with zero attached hydrogens (tertiary/aromatic N) is 3. The van der Waals surface area contributed by atoms with Gasteiger partial charge in [-0.2, -0.15) is 5.10 Å². The van der Waals surface area contributed by atoms with Gasteiger partial charge >= 0.3 is 0 Å². The Balaban J connectivity index is 1.47. The highest BCUT2D eigenvalue weighted by atomic mass is 35.5. The van der Waals surface area contributed by atoms with Crippen molar-refractivity contribution in [3.8, 4) is 0 Å². The molecule has 0 saturated carbocycles. The van der Waals surface area contributed by atoms with Gasteiger partial charge < -0.3 is 15.5 Å². The second-order valence-electron chi connectivity index (χ2n) is 8.29. The van der Waals surface area contributed by atoms with Crippen LogP contribution in [0.3, 0.4) is 0 Å². The molecule has 176 valence electrons. The summed E-state index contributed by atoms with van der Waals surface area (Å²) in [5.41, 5.74) is 0.526. The van der Waals surface area contributed by atoms with Crippen molar-refractivity contribution in [2.24, 2.45) is 0 Å². The number of fused-ring (bicyclic) bond motifs is 1. The number of halogens is 2. The maximum Gasteiger partial charge on any atom is 0.272 e. The number of hydrogen-bond acceptors (Lipinski definition) is 4. The van der Waals surface area contributed by atoms with Crippen molar-refractivity contribution >= 4 is 29.3 Å². The van der Waals surface area contributed by atoms with Gasteiger partial charge in [-0.25, -0.2) is 4.39 Å². The van der Waals surface area contributed by atoms with Crippen LogP contribution in [0.25, 0.3) is 0 Å². The van der Waals surface area contributed by atoms with Crippen LogP contribution in [0.1, 0.15) is 39.0 Å². The third-order valence-electron chi connectivity index (χ3n) is 5.99. The van der Waals surface area contributed by atoms with Crippen LogP contribution in [0.5, 0.6) is 0 Å². The summed E-state index contributed by atoms with van der Waals surface area (Å²) in [4.78, 5) is 40.0. The zero-order chi connectivity index (χ0) is 24.5. The number of nitrogens with one attached hydrogen (secondary N) is 2. The molecule has 0 unspecified atom stereocenters. The van der Waals surface area contributed by atoms with E-state index in [0.717, 1.165) is 11.1 Å². The number of benzene rings is 2. The van der Waals surface area contributed by atoms with Crippen LogP contribution >= 0.6 is 11.6 Å². The first-order valence-electron chi connectivity index (χ1n) is 10.6. The molecule has 2 N–H and O–H groups in total. The maximum absolute atomic E-state index is 13.1. The van der Waals surface area contributed by atoms with E-state index < -0.39 is 23.3 Å². The van der Waals surface area contributed by atoms with Crippen molar-refractivity contribution in [2.75, 3.05) is 7.05 Å². The Kier molecular flexibility index (Phi) is 6.39. The highest BCUT2D eigenvalue weighted by Crippen LogP contribution is 2.26. The third kappa shape index (κ3) is 4.51. The summed E-state index contributed by atoms with van der Waals surface area (Å²) < 4.78 is 14.5. The summed E-state index contributed by atoms with van der Waals surface area (Å²) in [6.45, 7) is 2.08. The third-order valence-corrected chi connectivity index (χ3v) is 6.36. The van der Waals surface area contributed by atoms with Gasteiger partial charge in [0.05, 0.1) is 6.54 Å². The van der Waals surface area contributed by atoms with E-state index in [1.807, 2.05) is 6.07 Å². The normalized spacial score (nSPS) is 17.3. The fraction of sp³-hybridized carbons (Fsp3) is 0.250. The van der Waals surface area contributed by atoms with E-state index in [9.17, 15) is 18.8 Å². The molecule has 1 aliphatic heterocycles. The Hall–Kier alpha value is -3.72. The molecule has 2 heterocycles. The van der Waals surface area contributed by atoms with E-state index in [-0.39, 0.29) is 36.8 Å². The number of carbonyl (C=O) groups is 3. The minimum absolute atomic E-state index is 0.0671. The van der Waals surface area contributed by atoms with Gasteiger partial charge in [0.1, 0.15) is 17.1 Å². The molecule has 3 amide bonds. The highest BCUT2D eigenvalue weighted by Gasteiger charge is 2.46. The SMILES string of the molecule is CN1C(=O)c2cc(C(=O)NCc3ccccc3Cl)nn2C[C@]1(C)C(=O)NCc1ccc(F)cc1. The van der Waals surface area contributed by atoms with Crippen molar-refractivity contribution in [3.05, 3.63) is 88.0 Å². The van der Waals surface area contributed by atoms with Gasteiger partial charge in [-0.15, -0.1) is 0 Å². The van der Waals surface area contributed by atoms with Crippen molar-refractivity contribution in [2.45, 2.75) is 32.1 Å². The molecule has 2 aromatic carbocycles. The predicted octanol–water partition coefficient (Wildman–Crippen LogP) is 2.77. The Bertz CT molecular complexity index is 1260. The lowest BCUT2D eigenvalue weighted by atomic mass is 9.96. The first-order chi connectivity index (χ1) is 16.2. The molecule has 0 bridgehead atoms. The van der Waals surface area contributed by atoms with Crippen LogP contribution < -0.4 is 10.6 Å². The molecule has 1 atom stereocenters.